The van der Waals surface area contributed by atoms with Gasteiger partial charge in [0, 0.05) is 24.7 Å². The number of thiazole rings is 1. The lowest BCUT2D eigenvalue weighted by Gasteiger charge is -2.30. The van der Waals surface area contributed by atoms with Crippen LogP contribution in [0.15, 0.2) is 72.4 Å². The van der Waals surface area contributed by atoms with Crippen LogP contribution >= 0.6 is 11.3 Å². The first-order valence-corrected chi connectivity index (χ1v) is 12.6. The number of aliphatic hydroxyl groups excluding tert-OH is 1. The molecule has 2 unspecified atom stereocenters. The Hall–Kier alpha value is -3.43. The van der Waals surface area contributed by atoms with E-state index in [1.54, 1.807) is 11.7 Å². The summed E-state index contributed by atoms with van der Waals surface area (Å²) in [7, 11) is 0. The molecule has 8 nitrogen and oxygen atoms in total. The van der Waals surface area contributed by atoms with Crippen molar-refractivity contribution >= 4 is 23.5 Å². The molecule has 0 aliphatic carbocycles. The average molecular weight is 512 g/mol. The minimum atomic E-state index is -1.16. The van der Waals surface area contributed by atoms with Crippen molar-refractivity contribution in [2.75, 3.05) is 6.54 Å². The Labute approximate surface area is 215 Å². The number of carbonyl (C=O) groups is 2. The molecule has 1 aromatic heterocycles. The van der Waals surface area contributed by atoms with Crippen LogP contribution in [0, 0.1) is 0 Å². The van der Waals surface area contributed by atoms with E-state index in [-0.39, 0.29) is 26.1 Å². The van der Waals surface area contributed by atoms with Crippen molar-refractivity contribution < 1.29 is 24.2 Å². The predicted octanol–water partition coefficient (Wildman–Crippen LogP) is 4.78. The first kappa shape index (κ1) is 27.2. The van der Waals surface area contributed by atoms with Gasteiger partial charge in [0.1, 0.15) is 18.8 Å². The molecule has 9 heteroatoms. The second-order valence-electron chi connectivity index (χ2n) is 9.46. The van der Waals surface area contributed by atoms with Crippen molar-refractivity contribution in [2.24, 2.45) is 0 Å². The number of alkyl carbamates (subject to hydrolysis) is 1. The molecule has 3 rings (SSSR count). The number of hydrogen-bond donors (Lipinski definition) is 2. The molecule has 2 atom stereocenters. The van der Waals surface area contributed by atoms with Crippen LogP contribution in [0.4, 0.5) is 9.59 Å². The Bertz CT molecular complexity index is 1070. The van der Waals surface area contributed by atoms with Crippen LogP contribution in [0.5, 0.6) is 0 Å². The number of aromatic nitrogens is 1. The number of ether oxygens (including phenoxy) is 2. The molecule has 0 fully saturated rings. The maximum atomic E-state index is 13.0. The largest absolute Gasteiger partial charge is 0.444 e. The number of nitrogens with one attached hydrogen (secondary N) is 1. The van der Waals surface area contributed by atoms with E-state index >= 15 is 0 Å². The average Bonchev–Trinajstić information content (AvgIpc) is 3.35. The second-order valence-corrected chi connectivity index (χ2v) is 10.4. The van der Waals surface area contributed by atoms with Crippen LogP contribution in [-0.4, -0.2) is 51.5 Å². The Morgan fingerprint density at radius 2 is 1.69 bits per heavy atom. The zero-order valence-electron chi connectivity index (χ0n) is 20.8. The summed E-state index contributed by atoms with van der Waals surface area (Å²) in [5, 5.41) is 14.0. The maximum absolute atomic E-state index is 13.0. The number of rotatable bonds is 10. The number of hydrogen-bond acceptors (Lipinski definition) is 7. The summed E-state index contributed by atoms with van der Waals surface area (Å²) in [5.74, 6) is 0. The summed E-state index contributed by atoms with van der Waals surface area (Å²) in [5.41, 5.74) is 2.94. The van der Waals surface area contributed by atoms with Crippen molar-refractivity contribution in [1.29, 1.82) is 0 Å². The topological polar surface area (TPSA) is 101 Å². The maximum Gasteiger partial charge on any atom is 0.410 e. The molecular formula is C27H33N3O5S. The van der Waals surface area contributed by atoms with Gasteiger partial charge in [-0.3, -0.25) is 4.98 Å². The number of carbonyl (C=O) groups excluding carboxylic acids is 2. The molecule has 0 saturated heterocycles. The summed E-state index contributed by atoms with van der Waals surface area (Å²) in [6.45, 7) is 5.76. The fourth-order valence-corrected chi connectivity index (χ4v) is 3.97. The minimum absolute atomic E-state index is 0.0861. The molecule has 0 radical (unpaired) electrons. The summed E-state index contributed by atoms with van der Waals surface area (Å²) < 4.78 is 11.1. The molecule has 192 valence electrons. The molecule has 0 aliphatic rings. The molecule has 36 heavy (non-hydrogen) atoms. The van der Waals surface area contributed by atoms with E-state index in [0.29, 0.717) is 0 Å². The van der Waals surface area contributed by atoms with E-state index in [9.17, 15) is 14.7 Å². The summed E-state index contributed by atoms with van der Waals surface area (Å²) in [6.07, 6.45) is -1.33. The molecule has 1 heterocycles. The van der Waals surface area contributed by atoms with E-state index in [4.69, 9.17) is 9.47 Å². The van der Waals surface area contributed by atoms with E-state index in [1.807, 2.05) is 81.4 Å². The van der Waals surface area contributed by atoms with Gasteiger partial charge in [0.25, 0.3) is 0 Å². The summed E-state index contributed by atoms with van der Waals surface area (Å²) in [6, 6.07) is 18.9. The van der Waals surface area contributed by atoms with E-state index in [2.05, 4.69) is 10.3 Å². The first-order chi connectivity index (χ1) is 17.2. The smallest absolute Gasteiger partial charge is 0.410 e. The van der Waals surface area contributed by atoms with E-state index < -0.39 is 29.9 Å². The van der Waals surface area contributed by atoms with Gasteiger partial charge in [-0.05, 0) is 31.9 Å². The van der Waals surface area contributed by atoms with Gasteiger partial charge >= 0.3 is 12.2 Å². The van der Waals surface area contributed by atoms with E-state index in [1.165, 1.54) is 16.2 Å². The zero-order valence-corrected chi connectivity index (χ0v) is 21.6. The van der Waals surface area contributed by atoms with Crippen LogP contribution < -0.4 is 5.32 Å². The molecule has 0 saturated carbocycles. The third kappa shape index (κ3) is 9.31. The number of aliphatic hydroxyl groups is 1. The van der Waals surface area contributed by atoms with Crippen LogP contribution in [0.25, 0.3) is 0 Å². The molecule has 2 N–H and O–H groups in total. The number of benzene rings is 2. The monoisotopic (exact) mass is 511 g/mol. The molecule has 2 aromatic carbocycles. The zero-order chi connectivity index (χ0) is 26.0. The molecule has 3 aromatic rings. The molecule has 0 aliphatic heterocycles. The van der Waals surface area contributed by atoms with Crippen molar-refractivity contribution in [3.05, 3.63) is 88.4 Å². The summed E-state index contributed by atoms with van der Waals surface area (Å²) in [4.78, 5) is 31.8. The van der Waals surface area contributed by atoms with Crippen LogP contribution in [0.3, 0.4) is 0 Å². The van der Waals surface area contributed by atoms with Gasteiger partial charge in [-0.15, -0.1) is 11.3 Å². The van der Waals surface area contributed by atoms with Gasteiger partial charge in [-0.1, -0.05) is 60.7 Å². The molecule has 2 amide bonds. The predicted molar refractivity (Wildman–Crippen MR) is 138 cm³/mol. The van der Waals surface area contributed by atoms with Gasteiger partial charge < -0.3 is 24.8 Å². The Balaban J connectivity index is 1.75. The van der Waals surface area contributed by atoms with Gasteiger partial charge in [-0.25, -0.2) is 9.59 Å². The van der Waals surface area contributed by atoms with Crippen LogP contribution in [0.1, 0.15) is 36.8 Å². The van der Waals surface area contributed by atoms with Gasteiger partial charge in [-0.2, -0.15) is 0 Å². The number of nitrogens with zero attached hydrogens (tertiary/aromatic N) is 2. The van der Waals surface area contributed by atoms with Crippen molar-refractivity contribution in [2.45, 2.75) is 58.1 Å². The lowest BCUT2D eigenvalue weighted by atomic mass is 10.0. The lowest BCUT2D eigenvalue weighted by molar-refractivity contribution is -0.0171. The van der Waals surface area contributed by atoms with Crippen molar-refractivity contribution in [3.8, 4) is 0 Å². The van der Waals surface area contributed by atoms with Crippen molar-refractivity contribution in [3.63, 3.8) is 0 Å². The first-order valence-electron chi connectivity index (χ1n) is 11.7. The fraction of sp³-hybridized carbons (Fsp3) is 0.370. The van der Waals surface area contributed by atoms with Crippen LogP contribution in [0.2, 0.25) is 0 Å². The number of amides is 2. The Kier molecular flexibility index (Phi) is 9.84. The highest BCUT2D eigenvalue weighted by atomic mass is 32.1. The molecule has 0 bridgehead atoms. The van der Waals surface area contributed by atoms with Crippen LogP contribution in [-0.2, 0) is 29.0 Å². The quantitative estimate of drug-likeness (QED) is 0.406. The fourth-order valence-electron chi connectivity index (χ4n) is 3.46. The lowest BCUT2D eigenvalue weighted by Crippen LogP contribution is -2.48. The SMILES string of the molecule is CC(C)(C)NC(=O)OC(Cc1ccccc1)C(O)CN(Cc1ccccc1)C(=O)OCc1cncs1. The Morgan fingerprint density at radius 1 is 1.06 bits per heavy atom. The molecular weight excluding hydrogens is 478 g/mol. The van der Waals surface area contributed by atoms with Gasteiger partial charge in [0.05, 0.1) is 16.9 Å². The highest BCUT2D eigenvalue weighted by Crippen LogP contribution is 2.16. The Morgan fingerprint density at radius 3 is 2.28 bits per heavy atom. The minimum Gasteiger partial charge on any atom is -0.444 e. The normalized spacial score (nSPS) is 12.9. The van der Waals surface area contributed by atoms with Gasteiger partial charge in [0.2, 0.25) is 0 Å². The van der Waals surface area contributed by atoms with Gasteiger partial charge in [0.15, 0.2) is 0 Å². The standard InChI is InChI=1S/C27H33N3O5S/c1-27(2,3)29-25(32)35-24(14-20-10-6-4-7-11-20)23(31)17-30(16-21-12-8-5-9-13-21)26(33)34-18-22-15-28-19-36-22/h4-13,15,19,23-24,31H,14,16-18H2,1-3H3,(H,29,32). The summed E-state index contributed by atoms with van der Waals surface area (Å²) >= 11 is 1.39. The van der Waals surface area contributed by atoms with E-state index in [0.717, 1.165) is 16.0 Å². The third-order valence-electron chi connectivity index (χ3n) is 5.15. The molecule has 0 spiro atoms. The highest BCUT2D eigenvalue weighted by molar-refractivity contribution is 7.09. The second kappa shape index (κ2) is 13.0. The third-order valence-corrected chi connectivity index (χ3v) is 5.90. The highest BCUT2D eigenvalue weighted by Gasteiger charge is 2.29. The van der Waals surface area contributed by atoms with Crippen molar-refractivity contribution in [1.82, 2.24) is 15.2 Å².